The van der Waals surface area contributed by atoms with Gasteiger partial charge in [0.25, 0.3) is 0 Å². The Morgan fingerprint density at radius 1 is 0.824 bits per heavy atom. The summed E-state index contributed by atoms with van der Waals surface area (Å²) in [6.45, 7) is 0.551. The molecule has 0 aliphatic carbocycles. The predicted molar refractivity (Wildman–Crippen MR) is 37.2 cm³/mol. The first-order valence-corrected chi connectivity index (χ1v) is 4.05. The van der Waals surface area contributed by atoms with Crippen LogP contribution in [0.5, 0.6) is 0 Å². The molecule has 0 spiro atoms. The Morgan fingerprint density at radius 3 is 1.41 bits per heavy atom. The highest BCUT2D eigenvalue weighted by molar-refractivity contribution is 5.00. The summed E-state index contributed by atoms with van der Waals surface area (Å²) in [6.07, 6.45) is -11.2. The molecule has 0 saturated heterocycles. The van der Waals surface area contributed by atoms with Gasteiger partial charge in [-0.2, -0.15) is 39.5 Å². The molecule has 0 aromatic rings. The van der Waals surface area contributed by atoms with Crippen molar-refractivity contribution in [2.75, 3.05) is 0 Å². The van der Waals surface area contributed by atoms with Crippen LogP contribution >= 0.6 is 0 Å². The van der Waals surface area contributed by atoms with Gasteiger partial charge in [-0.1, -0.05) is 0 Å². The van der Waals surface area contributed by atoms with Crippen LogP contribution in [0.1, 0.15) is 13.3 Å². The Kier molecular flexibility index (Phi) is 4.05. The number of hydrogen-bond donors (Lipinski definition) is 1. The van der Waals surface area contributed by atoms with Crippen molar-refractivity contribution in [3.63, 3.8) is 0 Å². The third-order valence-electron chi connectivity index (χ3n) is 1.76. The van der Waals surface area contributed by atoms with Gasteiger partial charge in [-0.25, -0.2) is 0 Å². The SMILES string of the molecule is CC(O)CC(F)(F)C(F)(F)C(F)(F)C(F)(F)F. The van der Waals surface area contributed by atoms with Gasteiger partial charge in [0.1, 0.15) is 0 Å². The van der Waals surface area contributed by atoms with Crippen molar-refractivity contribution in [3.05, 3.63) is 0 Å². The van der Waals surface area contributed by atoms with Crippen LogP contribution in [0.4, 0.5) is 39.5 Å². The summed E-state index contributed by atoms with van der Waals surface area (Å²) >= 11 is 0. The first-order chi connectivity index (χ1) is 7.17. The van der Waals surface area contributed by atoms with Crippen molar-refractivity contribution in [3.8, 4) is 0 Å². The normalized spacial score (nSPS) is 17.1. The first kappa shape index (κ1) is 16.3. The highest BCUT2D eigenvalue weighted by Gasteiger charge is 2.81. The molecule has 1 N–H and O–H groups in total. The average molecular weight is 278 g/mol. The summed E-state index contributed by atoms with van der Waals surface area (Å²) < 4.78 is 109. The minimum atomic E-state index is -6.89. The molecule has 1 unspecified atom stereocenters. The van der Waals surface area contributed by atoms with Crippen LogP contribution in [-0.2, 0) is 0 Å². The van der Waals surface area contributed by atoms with E-state index in [4.69, 9.17) is 5.11 Å². The zero-order valence-electron chi connectivity index (χ0n) is 8.13. The number of hydrogen-bond acceptors (Lipinski definition) is 1. The van der Waals surface area contributed by atoms with E-state index in [0.29, 0.717) is 6.92 Å². The molecule has 1 nitrogen and oxygen atoms in total. The Balaban J connectivity index is 5.39. The molecule has 0 rings (SSSR count). The van der Waals surface area contributed by atoms with Gasteiger partial charge in [-0.05, 0) is 6.92 Å². The molecule has 17 heavy (non-hydrogen) atoms. The van der Waals surface area contributed by atoms with Crippen LogP contribution in [0.15, 0.2) is 0 Å². The summed E-state index contributed by atoms with van der Waals surface area (Å²) in [5.74, 6) is -19.2. The maximum absolute atomic E-state index is 12.6. The number of aliphatic hydroxyl groups excluding tert-OH is 1. The van der Waals surface area contributed by atoms with Crippen molar-refractivity contribution in [2.45, 2.75) is 43.4 Å². The zero-order chi connectivity index (χ0) is 14.3. The van der Waals surface area contributed by atoms with Gasteiger partial charge in [0.05, 0.1) is 6.10 Å². The van der Waals surface area contributed by atoms with E-state index in [9.17, 15) is 39.5 Å². The number of rotatable bonds is 4. The smallest absolute Gasteiger partial charge is 0.393 e. The van der Waals surface area contributed by atoms with Gasteiger partial charge in [-0.15, -0.1) is 0 Å². The topological polar surface area (TPSA) is 20.2 Å². The summed E-state index contributed by atoms with van der Waals surface area (Å²) in [7, 11) is 0. The minimum absolute atomic E-state index is 0.551. The third-order valence-corrected chi connectivity index (χ3v) is 1.76. The molecule has 0 aromatic carbocycles. The molecule has 0 aliphatic heterocycles. The third kappa shape index (κ3) is 2.78. The molecule has 104 valence electrons. The molecule has 1 atom stereocenters. The molecular formula is C7H7F9O. The van der Waals surface area contributed by atoms with Crippen LogP contribution < -0.4 is 0 Å². The Hall–Kier alpha value is -0.670. The number of alkyl halides is 9. The zero-order valence-corrected chi connectivity index (χ0v) is 8.13. The van der Waals surface area contributed by atoms with Crippen LogP contribution in [0.3, 0.4) is 0 Å². The van der Waals surface area contributed by atoms with Crippen LogP contribution in [-0.4, -0.2) is 35.2 Å². The van der Waals surface area contributed by atoms with E-state index < -0.39 is 36.5 Å². The second kappa shape index (κ2) is 4.21. The molecule has 0 aromatic heterocycles. The van der Waals surface area contributed by atoms with E-state index in [-0.39, 0.29) is 0 Å². The molecule has 0 aliphatic rings. The predicted octanol–water partition coefficient (Wildman–Crippen LogP) is 3.23. The molecule has 0 heterocycles. The van der Waals surface area contributed by atoms with E-state index in [1.807, 2.05) is 0 Å². The maximum atomic E-state index is 12.6. The highest BCUT2D eigenvalue weighted by atomic mass is 19.4. The summed E-state index contributed by atoms with van der Waals surface area (Å²) in [5, 5.41) is 8.38. The minimum Gasteiger partial charge on any atom is -0.393 e. The lowest BCUT2D eigenvalue weighted by Gasteiger charge is -2.34. The summed E-state index contributed by atoms with van der Waals surface area (Å²) in [5.41, 5.74) is 0. The van der Waals surface area contributed by atoms with Gasteiger partial charge in [-0.3, -0.25) is 0 Å². The lowest BCUT2D eigenvalue weighted by Crippen LogP contribution is -2.61. The number of halogens is 9. The van der Waals surface area contributed by atoms with Gasteiger partial charge >= 0.3 is 23.9 Å². The molecule has 0 bridgehead atoms. The fourth-order valence-electron chi connectivity index (χ4n) is 0.907. The van der Waals surface area contributed by atoms with Crippen LogP contribution in [0, 0.1) is 0 Å². The van der Waals surface area contributed by atoms with Crippen LogP contribution in [0.2, 0.25) is 0 Å². The van der Waals surface area contributed by atoms with Crippen molar-refractivity contribution < 1.29 is 44.6 Å². The van der Waals surface area contributed by atoms with Gasteiger partial charge in [0, 0.05) is 6.42 Å². The molecular weight excluding hydrogens is 271 g/mol. The lowest BCUT2D eigenvalue weighted by molar-refractivity contribution is -0.398. The second-order valence-electron chi connectivity index (χ2n) is 3.40. The summed E-state index contributed by atoms with van der Waals surface area (Å²) in [6, 6.07) is 0. The van der Waals surface area contributed by atoms with Gasteiger partial charge in [0.15, 0.2) is 0 Å². The maximum Gasteiger partial charge on any atom is 0.460 e. The molecule has 0 amide bonds. The van der Waals surface area contributed by atoms with E-state index in [1.54, 1.807) is 0 Å². The van der Waals surface area contributed by atoms with E-state index in [0.717, 1.165) is 0 Å². The van der Waals surface area contributed by atoms with Gasteiger partial charge < -0.3 is 5.11 Å². The Morgan fingerprint density at radius 2 is 1.18 bits per heavy atom. The fourth-order valence-corrected chi connectivity index (χ4v) is 0.907. The monoisotopic (exact) mass is 278 g/mol. The van der Waals surface area contributed by atoms with E-state index >= 15 is 0 Å². The average Bonchev–Trinajstić information content (AvgIpc) is 1.98. The quantitative estimate of drug-likeness (QED) is 0.783. The molecule has 10 heteroatoms. The van der Waals surface area contributed by atoms with Crippen LogP contribution in [0.25, 0.3) is 0 Å². The molecule has 0 saturated carbocycles. The largest absolute Gasteiger partial charge is 0.460 e. The molecule has 0 fully saturated rings. The van der Waals surface area contributed by atoms with Crippen molar-refractivity contribution in [1.29, 1.82) is 0 Å². The van der Waals surface area contributed by atoms with Crippen molar-refractivity contribution in [1.82, 2.24) is 0 Å². The standard InChI is InChI=1S/C7H7F9O/c1-3(17)2-4(8,9)5(10,11)6(12,13)7(14,15)16/h3,17H,2H2,1H3. The van der Waals surface area contributed by atoms with Crippen molar-refractivity contribution >= 4 is 0 Å². The summed E-state index contributed by atoms with van der Waals surface area (Å²) in [4.78, 5) is 0. The van der Waals surface area contributed by atoms with E-state index in [1.165, 1.54) is 0 Å². The van der Waals surface area contributed by atoms with Gasteiger partial charge in [0.2, 0.25) is 0 Å². The fraction of sp³-hybridized carbons (Fsp3) is 1.00. The van der Waals surface area contributed by atoms with Crippen molar-refractivity contribution in [2.24, 2.45) is 0 Å². The Labute approximate surface area is 89.2 Å². The molecule has 0 radical (unpaired) electrons. The first-order valence-electron chi connectivity index (χ1n) is 4.05. The Bertz CT molecular complexity index is 267. The number of aliphatic hydroxyl groups is 1. The second-order valence-corrected chi connectivity index (χ2v) is 3.40. The lowest BCUT2D eigenvalue weighted by atomic mass is 9.99. The van der Waals surface area contributed by atoms with E-state index in [2.05, 4.69) is 0 Å². The highest BCUT2D eigenvalue weighted by Crippen LogP contribution is 2.54.